The van der Waals surface area contributed by atoms with Crippen LogP contribution in [0.3, 0.4) is 0 Å². The molecule has 0 spiro atoms. The predicted octanol–water partition coefficient (Wildman–Crippen LogP) is 3.95. The minimum atomic E-state index is -1.56. The van der Waals surface area contributed by atoms with E-state index < -0.39 is 41.4 Å². The first-order valence-electron chi connectivity index (χ1n) is 12.1. The molecule has 0 saturated heterocycles. The lowest BCUT2D eigenvalue weighted by Crippen LogP contribution is -2.51. The Bertz CT molecular complexity index is 913. The van der Waals surface area contributed by atoms with E-state index in [1.807, 2.05) is 6.92 Å². The highest BCUT2D eigenvalue weighted by Crippen LogP contribution is 2.31. The number of carbonyl (C=O) groups is 4. The summed E-state index contributed by atoms with van der Waals surface area (Å²) in [6.07, 6.45) is 0.331. The lowest BCUT2D eigenvalue weighted by Gasteiger charge is -2.27. The van der Waals surface area contributed by atoms with Gasteiger partial charge in [-0.05, 0) is 31.0 Å². The molecule has 10 heteroatoms. The van der Waals surface area contributed by atoms with Gasteiger partial charge in [-0.25, -0.2) is 4.79 Å². The lowest BCUT2D eigenvalue weighted by atomic mass is 9.88. The number of methoxy groups -OCH3 is 1. The summed E-state index contributed by atoms with van der Waals surface area (Å²) in [5, 5.41) is 0. The second-order valence-electron chi connectivity index (χ2n) is 9.32. The fraction of sp³-hybridized carbons (Fsp3) is 0.615. The zero-order valence-electron chi connectivity index (χ0n) is 22.3. The predicted molar refractivity (Wildman–Crippen MR) is 131 cm³/mol. The smallest absolute Gasteiger partial charge is 0.468 e. The van der Waals surface area contributed by atoms with Gasteiger partial charge in [0, 0.05) is 12.8 Å². The van der Waals surface area contributed by atoms with Gasteiger partial charge in [0.15, 0.2) is 11.5 Å². The van der Waals surface area contributed by atoms with Crippen molar-refractivity contribution in [1.29, 1.82) is 0 Å². The second kappa shape index (κ2) is 14.4. The van der Waals surface area contributed by atoms with E-state index in [-0.39, 0.29) is 37.1 Å². The standard InChI is InChI=1S/C26H39NO9/c1-8-9-18(6)34-25(31)33-13-12-26(27,24(30)32-7)15-19-10-11-20(35-22(28)16(2)3)21(14-19)36-23(29)17(4)5/h10-11,14,16-18H,8-9,12-13,15,27H2,1-7H3/t18-,26+/m0/s1. The number of hydrogen-bond donors (Lipinski definition) is 1. The van der Waals surface area contributed by atoms with Gasteiger partial charge in [0.05, 0.1) is 25.6 Å². The zero-order chi connectivity index (χ0) is 27.5. The fourth-order valence-corrected chi connectivity index (χ4v) is 3.09. The molecule has 202 valence electrons. The first-order valence-corrected chi connectivity index (χ1v) is 12.1. The largest absolute Gasteiger partial charge is 0.508 e. The van der Waals surface area contributed by atoms with E-state index in [2.05, 4.69) is 0 Å². The first kappa shape index (κ1) is 30.9. The van der Waals surface area contributed by atoms with Crippen LogP contribution in [0, 0.1) is 11.8 Å². The van der Waals surface area contributed by atoms with Gasteiger partial charge in [0.2, 0.25) is 0 Å². The summed E-state index contributed by atoms with van der Waals surface area (Å²) >= 11 is 0. The van der Waals surface area contributed by atoms with Crippen LogP contribution in [0.4, 0.5) is 4.79 Å². The molecule has 0 aromatic heterocycles. The average molecular weight is 510 g/mol. The topological polar surface area (TPSA) is 140 Å². The van der Waals surface area contributed by atoms with Crippen LogP contribution < -0.4 is 15.2 Å². The number of rotatable bonds is 13. The number of nitrogens with two attached hydrogens (primary N) is 1. The molecular formula is C26H39NO9. The fourth-order valence-electron chi connectivity index (χ4n) is 3.09. The minimum Gasteiger partial charge on any atom is -0.468 e. The molecule has 0 aliphatic rings. The second-order valence-corrected chi connectivity index (χ2v) is 9.32. The molecule has 10 nitrogen and oxygen atoms in total. The maximum absolute atomic E-state index is 12.5. The van der Waals surface area contributed by atoms with E-state index in [0.29, 0.717) is 12.0 Å². The normalized spacial score (nSPS) is 13.5. The Kier molecular flexibility index (Phi) is 12.4. The number of hydrogen-bond acceptors (Lipinski definition) is 10. The van der Waals surface area contributed by atoms with E-state index in [4.69, 9.17) is 29.4 Å². The Morgan fingerprint density at radius 1 is 0.944 bits per heavy atom. The number of esters is 3. The Labute approximate surface area is 212 Å². The van der Waals surface area contributed by atoms with Crippen LogP contribution in [0.2, 0.25) is 0 Å². The Morgan fingerprint density at radius 3 is 2.06 bits per heavy atom. The summed E-state index contributed by atoms with van der Waals surface area (Å²) in [4.78, 5) is 48.8. The molecular weight excluding hydrogens is 470 g/mol. The highest BCUT2D eigenvalue weighted by Gasteiger charge is 2.36. The number of ether oxygens (including phenoxy) is 5. The SMILES string of the molecule is CCC[C@H](C)OC(=O)OCC[C@@](N)(Cc1ccc(OC(=O)C(C)C)c(OC(=O)C(C)C)c1)C(=O)OC. The minimum absolute atomic E-state index is 0.0251. The monoisotopic (exact) mass is 509 g/mol. The summed E-state index contributed by atoms with van der Waals surface area (Å²) in [6, 6.07) is 4.55. The summed E-state index contributed by atoms with van der Waals surface area (Å²) in [6.45, 7) is 10.3. The first-order chi connectivity index (χ1) is 16.8. The van der Waals surface area contributed by atoms with Crippen molar-refractivity contribution in [3.05, 3.63) is 23.8 Å². The van der Waals surface area contributed by atoms with Gasteiger partial charge in [-0.1, -0.05) is 47.1 Å². The third kappa shape index (κ3) is 9.85. The summed E-state index contributed by atoms with van der Waals surface area (Å²) in [7, 11) is 1.20. The van der Waals surface area contributed by atoms with Crippen LogP contribution in [0.5, 0.6) is 11.5 Å². The maximum atomic E-state index is 12.5. The zero-order valence-corrected chi connectivity index (χ0v) is 22.3. The molecule has 36 heavy (non-hydrogen) atoms. The Hall–Kier alpha value is -3.14. The molecule has 0 heterocycles. The van der Waals surface area contributed by atoms with Crippen molar-refractivity contribution in [2.24, 2.45) is 17.6 Å². The average Bonchev–Trinajstić information content (AvgIpc) is 2.79. The van der Waals surface area contributed by atoms with Gasteiger partial charge in [-0.2, -0.15) is 0 Å². The molecule has 0 fully saturated rings. The van der Waals surface area contributed by atoms with E-state index in [1.165, 1.54) is 19.2 Å². The molecule has 0 saturated carbocycles. The van der Waals surface area contributed by atoms with Crippen molar-refractivity contribution in [3.63, 3.8) is 0 Å². The Morgan fingerprint density at radius 2 is 1.53 bits per heavy atom. The Balaban J connectivity index is 3.09. The molecule has 0 aliphatic heterocycles. The molecule has 1 aromatic carbocycles. The maximum Gasteiger partial charge on any atom is 0.508 e. The van der Waals surface area contributed by atoms with Crippen LogP contribution in [0.25, 0.3) is 0 Å². The van der Waals surface area contributed by atoms with Gasteiger partial charge < -0.3 is 29.4 Å². The van der Waals surface area contributed by atoms with Gasteiger partial charge in [0.1, 0.15) is 11.6 Å². The van der Waals surface area contributed by atoms with Crippen molar-refractivity contribution < 1.29 is 42.9 Å². The molecule has 2 atom stereocenters. The molecule has 1 rings (SSSR count). The van der Waals surface area contributed by atoms with Gasteiger partial charge in [-0.3, -0.25) is 14.4 Å². The van der Waals surface area contributed by atoms with Crippen LogP contribution in [0.1, 0.15) is 66.4 Å². The molecule has 1 aromatic rings. The van der Waals surface area contributed by atoms with Crippen molar-refractivity contribution in [2.45, 2.75) is 78.9 Å². The van der Waals surface area contributed by atoms with Gasteiger partial charge in [0.25, 0.3) is 0 Å². The van der Waals surface area contributed by atoms with E-state index in [9.17, 15) is 19.2 Å². The van der Waals surface area contributed by atoms with E-state index >= 15 is 0 Å². The molecule has 0 amide bonds. The van der Waals surface area contributed by atoms with Crippen LogP contribution in [0.15, 0.2) is 18.2 Å². The molecule has 0 radical (unpaired) electrons. The summed E-state index contributed by atoms with van der Waals surface area (Å²) in [5.74, 6) is -2.46. The number of benzene rings is 1. The van der Waals surface area contributed by atoms with Crippen LogP contribution in [-0.4, -0.2) is 49.4 Å². The van der Waals surface area contributed by atoms with Crippen molar-refractivity contribution >= 4 is 24.1 Å². The highest BCUT2D eigenvalue weighted by molar-refractivity contribution is 5.81. The number of carbonyl (C=O) groups excluding carboxylic acids is 4. The molecule has 0 bridgehead atoms. The third-order valence-electron chi connectivity index (χ3n) is 5.24. The summed E-state index contributed by atoms with van der Waals surface area (Å²) < 4.78 is 25.9. The van der Waals surface area contributed by atoms with Crippen LogP contribution >= 0.6 is 0 Å². The van der Waals surface area contributed by atoms with E-state index in [1.54, 1.807) is 40.7 Å². The quantitative estimate of drug-likeness (QED) is 0.307. The van der Waals surface area contributed by atoms with Gasteiger partial charge in [-0.15, -0.1) is 0 Å². The van der Waals surface area contributed by atoms with Crippen molar-refractivity contribution in [2.75, 3.05) is 13.7 Å². The van der Waals surface area contributed by atoms with Crippen LogP contribution in [-0.2, 0) is 35.0 Å². The third-order valence-corrected chi connectivity index (χ3v) is 5.24. The van der Waals surface area contributed by atoms with Crippen molar-refractivity contribution in [3.8, 4) is 11.5 Å². The molecule has 0 unspecified atom stereocenters. The van der Waals surface area contributed by atoms with E-state index in [0.717, 1.165) is 6.42 Å². The molecule has 0 aliphatic carbocycles. The van der Waals surface area contributed by atoms with Gasteiger partial charge >= 0.3 is 24.1 Å². The highest BCUT2D eigenvalue weighted by atomic mass is 16.7. The summed E-state index contributed by atoms with van der Waals surface area (Å²) in [5.41, 5.74) is 5.33. The molecule has 2 N–H and O–H groups in total. The lowest BCUT2D eigenvalue weighted by molar-refractivity contribution is -0.148. The van der Waals surface area contributed by atoms with Crippen molar-refractivity contribution in [1.82, 2.24) is 0 Å².